The number of hydrogen-bond acceptors (Lipinski definition) is 6. The molecule has 176 valence electrons. The number of thiazole rings is 1. The van der Waals surface area contributed by atoms with E-state index < -0.39 is 0 Å². The van der Waals surface area contributed by atoms with Crippen molar-refractivity contribution in [2.45, 2.75) is 13.5 Å². The fraction of sp³-hybridized carbons (Fsp3) is 0.423. The van der Waals surface area contributed by atoms with Gasteiger partial charge in [-0.1, -0.05) is 29.5 Å². The van der Waals surface area contributed by atoms with Gasteiger partial charge in [0.1, 0.15) is 23.6 Å². The normalized spacial score (nSPS) is 16.8. The molecule has 33 heavy (non-hydrogen) atoms. The number of aromatic nitrogens is 1. The molecule has 0 saturated carbocycles. The zero-order valence-electron chi connectivity index (χ0n) is 19.5. The van der Waals surface area contributed by atoms with E-state index in [2.05, 4.69) is 78.1 Å². The SMILES string of the molecule is CC[n+]1c(/C=C/c2ccc3c(c2)OCCOCCOCCOCCN3C)sc2ccccc21. The van der Waals surface area contributed by atoms with E-state index in [1.165, 1.54) is 15.2 Å². The van der Waals surface area contributed by atoms with Crippen LogP contribution in [0, 0.1) is 0 Å². The van der Waals surface area contributed by atoms with E-state index in [1.807, 2.05) is 11.3 Å². The van der Waals surface area contributed by atoms with E-state index in [1.54, 1.807) is 0 Å². The lowest BCUT2D eigenvalue weighted by Gasteiger charge is -2.22. The predicted octanol–water partition coefficient (Wildman–Crippen LogP) is 4.26. The summed E-state index contributed by atoms with van der Waals surface area (Å²) in [5, 5.41) is 1.24. The Bertz CT molecular complexity index is 1070. The van der Waals surface area contributed by atoms with E-state index >= 15 is 0 Å². The summed E-state index contributed by atoms with van der Waals surface area (Å²) in [4.78, 5) is 2.17. The van der Waals surface area contributed by atoms with Crippen LogP contribution < -0.4 is 14.2 Å². The molecule has 0 atom stereocenters. The number of nitrogens with zero attached hydrogens (tertiary/aromatic N) is 2. The maximum Gasteiger partial charge on any atom is 0.262 e. The van der Waals surface area contributed by atoms with Crippen LogP contribution in [0.3, 0.4) is 0 Å². The van der Waals surface area contributed by atoms with Crippen molar-refractivity contribution < 1.29 is 23.5 Å². The largest absolute Gasteiger partial charge is 0.489 e. The molecule has 0 spiro atoms. The minimum absolute atomic E-state index is 0.497. The number of anilines is 1. The van der Waals surface area contributed by atoms with Crippen LogP contribution in [-0.2, 0) is 20.8 Å². The zero-order valence-corrected chi connectivity index (χ0v) is 20.3. The number of aryl methyl sites for hydroxylation is 1. The third-order valence-corrected chi connectivity index (χ3v) is 6.70. The van der Waals surface area contributed by atoms with Crippen molar-refractivity contribution in [3.8, 4) is 5.75 Å². The summed E-state index contributed by atoms with van der Waals surface area (Å²) in [5.74, 6) is 0.856. The van der Waals surface area contributed by atoms with Gasteiger partial charge in [0, 0.05) is 25.7 Å². The molecule has 0 amide bonds. The van der Waals surface area contributed by atoms with Crippen LogP contribution >= 0.6 is 11.3 Å². The number of fused-ring (bicyclic) bond motifs is 2. The van der Waals surface area contributed by atoms with Crippen LogP contribution in [-0.4, -0.2) is 59.8 Å². The first kappa shape index (κ1) is 23.7. The lowest BCUT2D eigenvalue weighted by molar-refractivity contribution is -0.665. The number of hydrogen-bond donors (Lipinski definition) is 0. The molecule has 1 aliphatic rings. The highest BCUT2D eigenvalue weighted by atomic mass is 32.1. The van der Waals surface area contributed by atoms with Crippen LogP contribution in [0.4, 0.5) is 5.69 Å². The quantitative estimate of drug-likeness (QED) is 0.537. The van der Waals surface area contributed by atoms with Gasteiger partial charge in [-0.3, -0.25) is 0 Å². The Morgan fingerprint density at radius 3 is 2.42 bits per heavy atom. The monoisotopic (exact) mass is 469 g/mol. The van der Waals surface area contributed by atoms with Crippen molar-refractivity contribution in [3.63, 3.8) is 0 Å². The molecule has 0 fully saturated rings. The van der Waals surface area contributed by atoms with E-state index in [4.69, 9.17) is 18.9 Å². The molecule has 1 aliphatic heterocycles. The third kappa shape index (κ3) is 6.32. The standard InChI is InChI=1S/C26H33N2O4S/c1-3-28-23-6-4-5-7-25(23)33-26(28)11-9-21-8-10-22-24(20-21)32-19-18-31-17-16-30-15-14-29-13-12-27(22)2/h4-11,20H,3,12-19H2,1-2H3/q+1. The van der Waals surface area contributed by atoms with Crippen molar-refractivity contribution >= 4 is 39.4 Å². The van der Waals surface area contributed by atoms with E-state index in [-0.39, 0.29) is 0 Å². The Morgan fingerprint density at radius 2 is 1.64 bits per heavy atom. The summed E-state index contributed by atoms with van der Waals surface area (Å²) in [6.45, 7) is 7.89. The molecule has 1 aromatic heterocycles. The third-order valence-electron chi connectivity index (χ3n) is 5.57. The molecule has 0 saturated heterocycles. The Kier molecular flexibility index (Phi) is 8.72. The van der Waals surface area contributed by atoms with E-state index in [0.717, 1.165) is 30.1 Å². The van der Waals surface area contributed by atoms with E-state index in [0.29, 0.717) is 46.2 Å². The summed E-state index contributed by atoms with van der Waals surface area (Å²) >= 11 is 1.81. The molecule has 0 radical (unpaired) electrons. The van der Waals surface area contributed by atoms with Crippen molar-refractivity contribution in [1.29, 1.82) is 0 Å². The molecule has 6 nitrogen and oxygen atoms in total. The Morgan fingerprint density at radius 1 is 0.909 bits per heavy atom. The Balaban J connectivity index is 1.55. The molecule has 0 N–H and O–H groups in total. The van der Waals surface area contributed by atoms with Gasteiger partial charge in [0.05, 0.1) is 45.3 Å². The van der Waals surface area contributed by atoms with Gasteiger partial charge in [-0.15, -0.1) is 0 Å². The lowest BCUT2D eigenvalue weighted by atomic mass is 10.1. The topological polar surface area (TPSA) is 44.0 Å². The van der Waals surface area contributed by atoms with Gasteiger partial charge in [-0.25, -0.2) is 0 Å². The van der Waals surface area contributed by atoms with Gasteiger partial charge in [0.15, 0.2) is 0 Å². The first-order chi connectivity index (χ1) is 16.3. The minimum atomic E-state index is 0.497. The van der Waals surface area contributed by atoms with Gasteiger partial charge < -0.3 is 23.8 Å². The molecule has 3 aromatic rings. The first-order valence-corrected chi connectivity index (χ1v) is 12.4. The molecule has 0 unspecified atom stereocenters. The van der Waals surface area contributed by atoms with Crippen LogP contribution in [0.5, 0.6) is 5.75 Å². The van der Waals surface area contributed by atoms with Crippen LogP contribution in [0.15, 0.2) is 42.5 Å². The summed E-state index contributed by atoms with van der Waals surface area (Å²) in [5.41, 5.74) is 3.43. The molecule has 0 bridgehead atoms. The second kappa shape index (κ2) is 12.1. The summed E-state index contributed by atoms with van der Waals surface area (Å²) in [6, 6.07) is 14.9. The maximum atomic E-state index is 6.13. The number of rotatable bonds is 3. The molecule has 2 heterocycles. The molecular formula is C26H33N2O4S+. The number of likely N-dealkylation sites (N-methyl/N-ethyl adjacent to an activating group) is 1. The molecule has 0 aliphatic carbocycles. The van der Waals surface area contributed by atoms with Gasteiger partial charge >= 0.3 is 0 Å². The van der Waals surface area contributed by atoms with Gasteiger partial charge in [0.2, 0.25) is 5.52 Å². The average molecular weight is 470 g/mol. The lowest BCUT2D eigenvalue weighted by Crippen LogP contribution is -2.33. The highest BCUT2D eigenvalue weighted by Gasteiger charge is 2.16. The summed E-state index contributed by atoms with van der Waals surface area (Å²) in [7, 11) is 2.06. The summed E-state index contributed by atoms with van der Waals surface area (Å²) in [6.07, 6.45) is 4.36. The van der Waals surface area contributed by atoms with Crippen molar-refractivity contribution in [2.75, 3.05) is 64.7 Å². The minimum Gasteiger partial charge on any atom is -0.489 e. The summed E-state index contributed by atoms with van der Waals surface area (Å²) < 4.78 is 26.6. The van der Waals surface area contributed by atoms with E-state index in [9.17, 15) is 0 Å². The van der Waals surface area contributed by atoms with Gasteiger partial charge in [-0.2, -0.15) is 4.57 Å². The number of para-hydroxylation sites is 1. The predicted molar refractivity (Wildman–Crippen MR) is 134 cm³/mol. The number of benzene rings is 2. The fourth-order valence-corrected chi connectivity index (χ4v) is 4.94. The van der Waals surface area contributed by atoms with Crippen molar-refractivity contribution in [2.24, 2.45) is 0 Å². The van der Waals surface area contributed by atoms with Crippen molar-refractivity contribution in [3.05, 3.63) is 53.0 Å². The van der Waals surface area contributed by atoms with Crippen LogP contribution in [0.1, 0.15) is 17.5 Å². The molecule has 7 heteroatoms. The van der Waals surface area contributed by atoms with Crippen LogP contribution in [0.25, 0.3) is 22.4 Å². The molecule has 2 aromatic carbocycles. The second-order valence-electron chi connectivity index (χ2n) is 7.82. The highest BCUT2D eigenvalue weighted by Crippen LogP contribution is 2.30. The Hall–Kier alpha value is -2.45. The maximum absolute atomic E-state index is 6.13. The highest BCUT2D eigenvalue weighted by molar-refractivity contribution is 7.18. The van der Waals surface area contributed by atoms with Gasteiger partial charge in [0.25, 0.3) is 5.01 Å². The van der Waals surface area contributed by atoms with Crippen molar-refractivity contribution in [1.82, 2.24) is 0 Å². The zero-order chi connectivity index (χ0) is 22.9. The fourth-order valence-electron chi connectivity index (χ4n) is 3.81. The second-order valence-corrected chi connectivity index (χ2v) is 8.88. The molecule has 4 rings (SSSR count). The Labute approximate surface area is 200 Å². The molecular weight excluding hydrogens is 436 g/mol. The average Bonchev–Trinajstić information content (AvgIpc) is 3.20. The smallest absolute Gasteiger partial charge is 0.262 e. The first-order valence-electron chi connectivity index (χ1n) is 11.6. The van der Waals surface area contributed by atoms with Gasteiger partial charge in [-0.05, 0) is 36.8 Å². The van der Waals surface area contributed by atoms with Crippen LogP contribution in [0.2, 0.25) is 0 Å². The number of ether oxygens (including phenoxy) is 4.